The number of ether oxygens (including phenoxy) is 1. The SMILES string of the molecule is Nc1ccc(NC(=O)C(NCCCN2CCOCC2)c2ccc(/C=C/C(=O)Nc3ccccc3N)cc2)cc1. The summed E-state index contributed by atoms with van der Waals surface area (Å²) in [7, 11) is 0. The van der Waals surface area contributed by atoms with Gasteiger partial charge in [0, 0.05) is 30.5 Å². The van der Waals surface area contributed by atoms with Crippen molar-refractivity contribution in [2.24, 2.45) is 0 Å². The summed E-state index contributed by atoms with van der Waals surface area (Å²) in [4.78, 5) is 28.0. The van der Waals surface area contributed by atoms with Crippen molar-refractivity contribution in [3.63, 3.8) is 0 Å². The average molecular weight is 529 g/mol. The second-order valence-electron chi connectivity index (χ2n) is 9.38. The van der Waals surface area contributed by atoms with Crippen LogP contribution in [0.5, 0.6) is 0 Å². The Kier molecular flexibility index (Phi) is 10.1. The van der Waals surface area contributed by atoms with Gasteiger partial charge in [0.25, 0.3) is 0 Å². The lowest BCUT2D eigenvalue weighted by Gasteiger charge is -2.27. The van der Waals surface area contributed by atoms with Crippen molar-refractivity contribution in [1.82, 2.24) is 10.2 Å². The van der Waals surface area contributed by atoms with Crippen LogP contribution >= 0.6 is 0 Å². The number of nitrogens with one attached hydrogen (secondary N) is 3. The number of morpholine rings is 1. The van der Waals surface area contributed by atoms with E-state index in [1.807, 2.05) is 36.4 Å². The Morgan fingerprint density at radius 3 is 2.36 bits per heavy atom. The maximum atomic E-state index is 13.3. The van der Waals surface area contributed by atoms with E-state index in [9.17, 15) is 9.59 Å². The van der Waals surface area contributed by atoms with E-state index in [0.717, 1.165) is 50.4 Å². The van der Waals surface area contributed by atoms with Crippen LogP contribution in [0.15, 0.2) is 78.9 Å². The number of nitrogens with zero attached hydrogens (tertiary/aromatic N) is 1. The van der Waals surface area contributed by atoms with Gasteiger partial charge in [-0.3, -0.25) is 14.5 Å². The molecule has 2 amide bonds. The van der Waals surface area contributed by atoms with Gasteiger partial charge in [-0.15, -0.1) is 0 Å². The molecule has 9 nitrogen and oxygen atoms in total. The summed E-state index contributed by atoms with van der Waals surface area (Å²) in [6.07, 6.45) is 4.08. The zero-order valence-corrected chi connectivity index (χ0v) is 21.9. The van der Waals surface area contributed by atoms with Crippen LogP contribution in [-0.2, 0) is 14.3 Å². The molecule has 0 aliphatic carbocycles. The van der Waals surface area contributed by atoms with E-state index in [0.29, 0.717) is 29.3 Å². The fourth-order valence-corrected chi connectivity index (χ4v) is 4.27. The molecule has 1 heterocycles. The molecule has 1 aliphatic rings. The average Bonchev–Trinajstić information content (AvgIpc) is 2.95. The van der Waals surface area contributed by atoms with Crippen LogP contribution < -0.4 is 27.4 Å². The van der Waals surface area contributed by atoms with Crippen molar-refractivity contribution in [3.8, 4) is 0 Å². The van der Waals surface area contributed by atoms with E-state index in [1.54, 1.807) is 42.5 Å². The third-order valence-corrected chi connectivity index (χ3v) is 6.46. The van der Waals surface area contributed by atoms with Crippen molar-refractivity contribution in [1.29, 1.82) is 0 Å². The topological polar surface area (TPSA) is 135 Å². The molecule has 204 valence electrons. The number of para-hydroxylation sites is 2. The highest BCUT2D eigenvalue weighted by Gasteiger charge is 2.20. The first-order valence-electron chi connectivity index (χ1n) is 13.1. The number of rotatable bonds is 11. The highest BCUT2D eigenvalue weighted by atomic mass is 16.5. The predicted molar refractivity (Wildman–Crippen MR) is 157 cm³/mol. The van der Waals surface area contributed by atoms with Crippen molar-refractivity contribution in [2.75, 3.05) is 61.5 Å². The van der Waals surface area contributed by atoms with Crippen LogP contribution in [0.3, 0.4) is 0 Å². The van der Waals surface area contributed by atoms with Crippen LogP contribution in [0, 0.1) is 0 Å². The summed E-state index contributed by atoms with van der Waals surface area (Å²) in [6, 6.07) is 21.2. The van der Waals surface area contributed by atoms with Gasteiger partial charge in [0.15, 0.2) is 0 Å². The minimum atomic E-state index is -0.547. The highest BCUT2D eigenvalue weighted by Crippen LogP contribution is 2.20. The lowest BCUT2D eigenvalue weighted by molar-refractivity contribution is -0.118. The molecule has 9 heteroatoms. The first kappa shape index (κ1) is 27.8. The van der Waals surface area contributed by atoms with E-state index in [1.165, 1.54) is 6.08 Å². The lowest BCUT2D eigenvalue weighted by atomic mass is 10.0. The molecule has 1 fully saturated rings. The van der Waals surface area contributed by atoms with Gasteiger partial charge in [-0.25, -0.2) is 0 Å². The lowest BCUT2D eigenvalue weighted by Crippen LogP contribution is -2.39. The van der Waals surface area contributed by atoms with Crippen molar-refractivity contribution in [2.45, 2.75) is 12.5 Å². The van der Waals surface area contributed by atoms with Gasteiger partial charge in [0.05, 0.1) is 24.6 Å². The summed E-state index contributed by atoms with van der Waals surface area (Å²) in [6.45, 7) is 5.04. The Hall–Kier alpha value is -4.18. The first-order chi connectivity index (χ1) is 19.0. The molecular formula is C30H36N6O3. The van der Waals surface area contributed by atoms with Crippen LogP contribution in [0.4, 0.5) is 22.7 Å². The van der Waals surface area contributed by atoms with Gasteiger partial charge in [0.1, 0.15) is 6.04 Å². The van der Waals surface area contributed by atoms with Gasteiger partial charge < -0.3 is 32.2 Å². The van der Waals surface area contributed by atoms with E-state index < -0.39 is 6.04 Å². The third-order valence-electron chi connectivity index (χ3n) is 6.46. The molecule has 4 rings (SSSR count). The molecule has 39 heavy (non-hydrogen) atoms. The number of hydrogen-bond acceptors (Lipinski definition) is 7. The van der Waals surface area contributed by atoms with Gasteiger partial charge in [-0.2, -0.15) is 0 Å². The molecule has 1 atom stereocenters. The molecule has 3 aromatic carbocycles. The normalized spacial score (nSPS) is 14.7. The highest BCUT2D eigenvalue weighted by molar-refractivity contribution is 6.03. The van der Waals surface area contributed by atoms with Crippen molar-refractivity contribution in [3.05, 3.63) is 90.0 Å². The summed E-state index contributed by atoms with van der Waals surface area (Å²) in [5.41, 5.74) is 15.7. The smallest absolute Gasteiger partial charge is 0.248 e. The minimum absolute atomic E-state index is 0.158. The predicted octanol–water partition coefficient (Wildman–Crippen LogP) is 3.49. The number of carbonyl (C=O) groups is 2. The second kappa shape index (κ2) is 14.1. The molecule has 0 spiro atoms. The molecule has 0 radical (unpaired) electrons. The fraction of sp³-hybridized carbons (Fsp3) is 0.267. The Balaban J connectivity index is 1.39. The standard InChI is InChI=1S/C30H36N6O3/c31-24-11-13-25(14-12-24)34-30(38)29(33-16-3-17-36-18-20-39-21-19-36)23-9-6-22(7-10-23)8-15-28(37)35-27-5-2-1-4-26(27)32/h1-2,4-15,29,33H,3,16-21,31-32H2,(H,34,38)(H,35,37)/b15-8+. The molecular weight excluding hydrogens is 492 g/mol. The zero-order valence-electron chi connectivity index (χ0n) is 21.9. The number of nitrogen functional groups attached to an aromatic ring is 2. The van der Waals surface area contributed by atoms with Gasteiger partial charge in [-0.05, 0) is 73.1 Å². The number of anilines is 4. The first-order valence-corrected chi connectivity index (χ1v) is 13.1. The molecule has 1 unspecified atom stereocenters. The molecule has 1 aliphatic heterocycles. The molecule has 0 bridgehead atoms. The van der Waals surface area contributed by atoms with Crippen LogP contribution in [-0.4, -0.2) is 56.1 Å². The number of benzene rings is 3. The van der Waals surface area contributed by atoms with Crippen LogP contribution in [0.1, 0.15) is 23.6 Å². The Labute approximate surface area is 229 Å². The second-order valence-corrected chi connectivity index (χ2v) is 9.38. The summed E-state index contributed by atoms with van der Waals surface area (Å²) < 4.78 is 5.42. The van der Waals surface area contributed by atoms with Crippen LogP contribution in [0.2, 0.25) is 0 Å². The minimum Gasteiger partial charge on any atom is -0.399 e. The molecule has 7 N–H and O–H groups in total. The molecule has 3 aromatic rings. The number of hydrogen-bond donors (Lipinski definition) is 5. The molecule has 0 saturated carbocycles. The summed E-state index contributed by atoms with van der Waals surface area (Å²) in [5, 5.41) is 9.17. The number of carbonyl (C=O) groups excluding carboxylic acids is 2. The fourth-order valence-electron chi connectivity index (χ4n) is 4.27. The van der Waals surface area contributed by atoms with E-state index in [-0.39, 0.29) is 11.8 Å². The zero-order chi connectivity index (χ0) is 27.5. The van der Waals surface area contributed by atoms with Crippen molar-refractivity contribution < 1.29 is 14.3 Å². The Morgan fingerprint density at radius 2 is 1.64 bits per heavy atom. The van der Waals surface area contributed by atoms with Gasteiger partial charge in [0.2, 0.25) is 11.8 Å². The van der Waals surface area contributed by atoms with Crippen LogP contribution in [0.25, 0.3) is 6.08 Å². The summed E-state index contributed by atoms with van der Waals surface area (Å²) in [5.74, 6) is -0.436. The molecule has 1 saturated heterocycles. The quantitative estimate of drug-likeness (QED) is 0.146. The largest absolute Gasteiger partial charge is 0.399 e. The third kappa shape index (κ3) is 8.68. The monoisotopic (exact) mass is 528 g/mol. The van der Waals surface area contributed by atoms with E-state index in [4.69, 9.17) is 16.2 Å². The molecule has 0 aromatic heterocycles. The summed E-state index contributed by atoms with van der Waals surface area (Å²) >= 11 is 0. The van der Waals surface area contributed by atoms with Crippen molar-refractivity contribution >= 4 is 40.6 Å². The maximum Gasteiger partial charge on any atom is 0.248 e. The Morgan fingerprint density at radius 1 is 0.923 bits per heavy atom. The van der Waals surface area contributed by atoms with Gasteiger partial charge >= 0.3 is 0 Å². The number of amides is 2. The Bertz CT molecular complexity index is 1250. The van der Waals surface area contributed by atoms with E-state index in [2.05, 4.69) is 20.9 Å². The van der Waals surface area contributed by atoms with Gasteiger partial charge in [-0.1, -0.05) is 36.4 Å². The number of nitrogens with two attached hydrogens (primary N) is 2. The van der Waals surface area contributed by atoms with E-state index >= 15 is 0 Å². The maximum absolute atomic E-state index is 13.3.